The predicted octanol–water partition coefficient (Wildman–Crippen LogP) is 4.69. The van der Waals surface area contributed by atoms with Gasteiger partial charge in [0.2, 0.25) is 5.91 Å². The van der Waals surface area contributed by atoms with Gasteiger partial charge in [0.15, 0.2) is 0 Å². The fraction of sp³-hybridized carbons (Fsp3) is 0.478. The van der Waals surface area contributed by atoms with E-state index in [-0.39, 0.29) is 23.9 Å². The van der Waals surface area contributed by atoms with E-state index in [1.54, 1.807) is 6.07 Å². The van der Waals surface area contributed by atoms with Gasteiger partial charge in [0.05, 0.1) is 18.1 Å². The highest BCUT2D eigenvalue weighted by atomic mass is 16.6. The summed E-state index contributed by atoms with van der Waals surface area (Å²) in [6, 6.07) is 11.3. The summed E-state index contributed by atoms with van der Waals surface area (Å²) in [5, 5.41) is 4.72. The number of fused-ring (bicyclic) bond motifs is 2. The van der Waals surface area contributed by atoms with Crippen LogP contribution in [0.15, 0.2) is 36.4 Å². The van der Waals surface area contributed by atoms with Gasteiger partial charge in [-0.1, -0.05) is 45.0 Å². The summed E-state index contributed by atoms with van der Waals surface area (Å²) in [6.07, 6.45) is 3.85. The topological polar surface area (TPSA) is 67.9 Å². The Kier molecular flexibility index (Phi) is 4.88. The Labute approximate surface area is 165 Å². The van der Waals surface area contributed by atoms with Crippen LogP contribution in [-0.4, -0.2) is 24.1 Å². The number of rotatable bonds is 5. The summed E-state index contributed by atoms with van der Waals surface area (Å²) in [5.74, 6) is 0.216. The van der Waals surface area contributed by atoms with Gasteiger partial charge < -0.3 is 14.8 Å². The van der Waals surface area contributed by atoms with Crippen molar-refractivity contribution in [2.75, 3.05) is 5.32 Å². The van der Waals surface area contributed by atoms with Crippen LogP contribution >= 0.6 is 0 Å². The van der Waals surface area contributed by atoms with Gasteiger partial charge in [0.1, 0.15) is 5.75 Å². The molecule has 0 radical (unpaired) electrons. The Morgan fingerprint density at radius 3 is 2.61 bits per heavy atom. The molecule has 0 spiro atoms. The number of ether oxygens (including phenoxy) is 2. The molecule has 5 nitrogen and oxygen atoms in total. The Bertz CT molecular complexity index is 920. The molecule has 28 heavy (non-hydrogen) atoms. The molecule has 1 heterocycles. The SMILES string of the molecule is CCC(C)(C)C(=O)Nc1cccc2c(OC(=O)C3CCC4OC4C3)cccc12. The van der Waals surface area contributed by atoms with E-state index in [0.717, 1.165) is 42.1 Å². The fourth-order valence-electron chi connectivity index (χ4n) is 3.74. The number of benzene rings is 2. The molecule has 0 aromatic heterocycles. The molecule has 0 bridgehead atoms. The second-order valence-electron chi connectivity index (χ2n) is 8.49. The minimum absolute atomic E-state index is 0.0221. The smallest absolute Gasteiger partial charge is 0.314 e. The number of carbonyl (C=O) groups excluding carboxylic acids is 2. The molecule has 3 atom stereocenters. The van der Waals surface area contributed by atoms with E-state index in [2.05, 4.69) is 5.32 Å². The van der Waals surface area contributed by atoms with Gasteiger partial charge >= 0.3 is 5.97 Å². The minimum Gasteiger partial charge on any atom is -0.426 e. The van der Waals surface area contributed by atoms with Gasteiger partial charge in [0.25, 0.3) is 0 Å². The molecule has 1 saturated carbocycles. The number of anilines is 1. The second kappa shape index (κ2) is 7.21. The Morgan fingerprint density at radius 1 is 1.11 bits per heavy atom. The van der Waals surface area contributed by atoms with Crippen molar-refractivity contribution >= 4 is 28.3 Å². The van der Waals surface area contributed by atoms with Crippen LogP contribution in [-0.2, 0) is 14.3 Å². The summed E-state index contributed by atoms with van der Waals surface area (Å²) in [5.41, 5.74) is 0.282. The molecule has 2 aromatic carbocycles. The maximum absolute atomic E-state index is 12.7. The van der Waals surface area contributed by atoms with E-state index in [0.29, 0.717) is 11.9 Å². The van der Waals surface area contributed by atoms with E-state index < -0.39 is 5.41 Å². The monoisotopic (exact) mass is 381 g/mol. The fourth-order valence-corrected chi connectivity index (χ4v) is 3.74. The van der Waals surface area contributed by atoms with Crippen molar-refractivity contribution in [3.63, 3.8) is 0 Å². The van der Waals surface area contributed by atoms with Crippen LogP contribution in [0.2, 0.25) is 0 Å². The van der Waals surface area contributed by atoms with Crippen LogP contribution in [0.1, 0.15) is 46.5 Å². The maximum Gasteiger partial charge on any atom is 0.314 e. The Hall–Kier alpha value is -2.40. The predicted molar refractivity (Wildman–Crippen MR) is 108 cm³/mol. The lowest BCUT2D eigenvalue weighted by Crippen LogP contribution is -2.30. The zero-order valence-electron chi connectivity index (χ0n) is 16.7. The van der Waals surface area contributed by atoms with E-state index in [4.69, 9.17) is 9.47 Å². The Morgan fingerprint density at radius 2 is 1.86 bits per heavy atom. The van der Waals surface area contributed by atoms with E-state index in [1.165, 1.54) is 0 Å². The van der Waals surface area contributed by atoms with E-state index in [9.17, 15) is 9.59 Å². The van der Waals surface area contributed by atoms with Crippen molar-refractivity contribution < 1.29 is 19.1 Å². The maximum atomic E-state index is 12.7. The van der Waals surface area contributed by atoms with Crippen molar-refractivity contribution in [2.45, 2.75) is 58.7 Å². The van der Waals surface area contributed by atoms with E-state index in [1.807, 2.05) is 51.1 Å². The van der Waals surface area contributed by atoms with Gasteiger partial charge in [0, 0.05) is 21.9 Å². The summed E-state index contributed by atoms with van der Waals surface area (Å²) in [4.78, 5) is 25.3. The van der Waals surface area contributed by atoms with Crippen LogP contribution in [0.25, 0.3) is 10.8 Å². The highest BCUT2D eigenvalue weighted by Gasteiger charge is 2.46. The van der Waals surface area contributed by atoms with Gasteiger partial charge in [-0.2, -0.15) is 0 Å². The second-order valence-corrected chi connectivity index (χ2v) is 8.49. The summed E-state index contributed by atoms with van der Waals surface area (Å²) in [7, 11) is 0. The number of nitrogens with one attached hydrogen (secondary N) is 1. The molecule has 5 heteroatoms. The molecule has 2 aromatic rings. The van der Waals surface area contributed by atoms with Crippen LogP contribution in [0.4, 0.5) is 5.69 Å². The van der Waals surface area contributed by atoms with Crippen LogP contribution in [0, 0.1) is 11.3 Å². The average Bonchev–Trinajstić information content (AvgIpc) is 3.47. The Balaban J connectivity index is 1.56. The summed E-state index contributed by atoms with van der Waals surface area (Å²) >= 11 is 0. The molecular formula is C23H27NO4. The molecule has 4 rings (SSSR count). The molecule has 1 amide bonds. The van der Waals surface area contributed by atoms with Crippen LogP contribution in [0.3, 0.4) is 0 Å². The summed E-state index contributed by atoms with van der Waals surface area (Å²) in [6.45, 7) is 5.86. The van der Waals surface area contributed by atoms with Crippen molar-refractivity contribution in [3.05, 3.63) is 36.4 Å². The zero-order valence-corrected chi connectivity index (χ0v) is 16.7. The highest BCUT2D eigenvalue weighted by molar-refractivity contribution is 6.05. The lowest BCUT2D eigenvalue weighted by atomic mass is 9.89. The van der Waals surface area contributed by atoms with Crippen molar-refractivity contribution in [2.24, 2.45) is 11.3 Å². The van der Waals surface area contributed by atoms with E-state index >= 15 is 0 Å². The number of carbonyl (C=O) groups is 2. The number of amides is 1. The molecule has 1 saturated heterocycles. The van der Waals surface area contributed by atoms with Crippen molar-refractivity contribution in [3.8, 4) is 5.75 Å². The van der Waals surface area contributed by atoms with Crippen LogP contribution in [0.5, 0.6) is 5.75 Å². The number of hydrogen-bond acceptors (Lipinski definition) is 4. The van der Waals surface area contributed by atoms with Crippen molar-refractivity contribution in [1.29, 1.82) is 0 Å². The first-order chi connectivity index (χ1) is 13.4. The normalized spacial score (nSPS) is 23.8. The number of esters is 1. The highest BCUT2D eigenvalue weighted by Crippen LogP contribution is 2.40. The number of hydrogen-bond donors (Lipinski definition) is 1. The first-order valence-corrected chi connectivity index (χ1v) is 10.1. The van der Waals surface area contributed by atoms with Crippen LogP contribution < -0.4 is 10.1 Å². The lowest BCUT2D eigenvalue weighted by molar-refractivity contribution is -0.139. The number of epoxide rings is 1. The molecule has 1 aliphatic heterocycles. The lowest BCUT2D eigenvalue weighted by Gasteiger charge is -2.22. The first kappa shape index (κ1) is 18.9. The molecule has 1 aliphatic carbocycles. The molecular weight excluding hydrogens is 354 g/mol. The first-order valence-electron chi connectivity index (χ1n) is 10.1. The molecule has 2 fully saturated rings. The quantitative estimate of drug-likeness (QED) is 0.464. The standard InChI is InChI=1S/C23H27NO4/c1-4-23(2,3)22(26)24-17-9-5-8-16-15(17)7-6-10-18(16)28-21(25)14-11-12-19-20(13-14)27-19/h5-10,14,19-20H,4,11-13H2,1-3H3,(H,24,26). The molecule has 3 unspecified atom stereocenters. The molecule has 148 valence electrons. The average molecular weight is 381 g/mol. The minimum atomic E-state index is -0.448. The van der Waals surface area contributed by atoms with Gasteiger partial charge in [-0.15, -0.1) is 0 Å². The van der Waals surface area contributed by atoms with Crippen molar-refractivity contribution in [1.82, 2.24) is 0 Å². The third-order valence-corrected chi connectivity index (χ3v) is 6.18. The molecule has 2 aliphatic rings. The third-order valence-electron chi connectivity index (χ3n) is 6.18. The van der Waals surface area contributed by atoms with Gasteiger partial charge in [-0.3, -0.25) is 9.59 Å². The zero-order chi connectivity index (χ0) is 19.9. The van der Waals surface area contributed by atoms with Gasteiger partial charge in [-0.05, 0) is 37.8 Å². The third kappa shape index (κ3) is 3.63. The molecule has 1 N–H and O–H groups in total. The summed E-state index contributed by atoms with van der Waals surface area (Å²) < 4.78 is 11.3. The van der Waals surface area contributed by atoms with Gasteiger partial charge in [-0.25, -0.2) is 0 Å². The largest absolute Gasteiger partial charge is 0.426 e.